The second-order valence-corrected chi connectivity index (χ2v) is 3.25. The number of carbonyl (C=O) groups excluding carboxylic acids is 1. The maximum Gasteiger partial charge on any atom is 0.330 e. The summed E-state index contributed by atoms with van der Waals surface area (Å²) >= 11 is 0. The fourth-order valence-electron chi connectivity index (χ4n) is 1.24. The highest BCUT2D eigenvalue weighted by Gasteiger charge is 2.05. The molecule has 1 N–H and O–H groups in total. The normalized spacial score (nSPS) is 10.7. The van der Waals surface area contributed by atoms with E-state index in [2.05, 4.69) is 4.74 Å². The molecule has 1 aromatic carbocycles. The van der Waals surface area contributed by atoms with Gasteiger partial charge >= 0.3 is 5.97 Å². The summed E-state index contributed by atoms with van der Waals surface area (Å²) < 4.78 is 17.7. The molecule has 1 rings (SSSR count). The Hall–Kier alpha value is -1.84. The number of carbonyl (C=O) groups is 1. The molecule has 0 saturated heterocycles. The molecule has 16 heavy (non-hydrogen) atoms. The van der Waals surface area contributed by atoms with Gasteiger partial charge in [0, 0.05) is 11.6 Å². The molecule has 0 aliphatic heterocycles. The number of aryl methyl sites for hydroxylation is 1. The number of benzene rings is 1. The average Bonchev–Trinajstić information content (AvgIpc) is 2.21. The van der Waals surface area contributed by atoms with Gasteiger partial charge in [-0.15, -0.1) is 0 Å². The lowest BCUT2D eigenvalue weighted by atomic mass is 10.1. The monoisotopic (exact) mass is 224 g/mol. The largest absolute Gasteiger partial charge is 0.507 e. The zero-order valence-electron chi connectivity index (χ0n) is 9.16. The summed E-state index contributed by atoms with van der Waals surface area (Å²) in [5, 5.41) is 9.59. The van der Waals surface area contributed by atoms with Crippen LogP contribution in [0.25, 0.3) is 6.08 Å². The second-order valence-electron chi connectivity index (χ2n) is 3.25. The Morgan fingerprint density at radius 2 is 2.25 bits per heavy atom. The third kappa shape index (κ3) is 3.08. The molecule has 0 heterocycles. The fraction of sp³-hybridized carbons (Fsp3) is 0.250. The zero-order valence-corrected chi connectivity index (χ0v) is 9.16. The topological polar surface area (TPSA) is 46.5 Å². The van der Waals surface area contributed by atoms with Gasteiger partial charge in [-0.05, 0) is 37.6 Å². The Balaban J connectivity index is 2.93. The summed E-state index contributed by atoms with van der Waals surface area (Å²) in [4.78, 5) is 11.0. The molecule has 0 aromatic heterocycles. The van der Waals surface area contributed by atoms with Crippen molar-refractivity contribution in [3.63, 3.8) is 0 Å². The van der Waals surface area contributed by atoms with Gasteiger partial charge in [0.15, 0.2) is 0 Å². The van der Waals surface area contributed by atoms with Crippen molar-refractivity contribution in [1.29, 1.82) is 0 Å². The minimum Gasteiger partial charge on any atom is -0.507 e. The predicted molar refractivity (Wildman–Crippen MR) is 58.5 cm³/mol. The number of hydrogen-bond acceptors (Lipinski definition) is 3. The summed E-state index contributed by atoms with van der Waals surface area (Å²) in [6, 6.07) is 2.37. The molecule has 0 spiro atoms. The van der Waals surface area contributed by atoms with Crippen molar-refractivity contribution in [2.75, 3.05) is 6.61 Å². The molecule has 0 amide bonds. The summed E-state index contributed by atoms with van der Waals surface area (Å²) in [5.74, 6) is -1.02. The number of esters is 1. The predicted octanol–water partition coefficient (Wildman–Crippen LogP) is 2.42. The quantitative estimate of drug-likeness (QED) is 0.633. The van der Waals surface area contributed by atoms with Crippen LogP contribution in [0.3, 0.4) is 0 Å². The highest BCUT2D eigenvalue weighted by molar-refractivity contribution is 5.87. The minimum atomic E-state index is -0.524. The van der Waals surface area contributed by atoms with Crippen LogP contribution >= 0.6 is 0 Å². The summed E-state index contributed by atoms with van der Waals surface area (Å²) in [6.45, 7) is 3.55. The smallest absolute Gasteiger partial charge is 0.330 e. The van der Waals surface area contributed by atoms with Crippen molar-refractivity contribution in [3.05, 3.63) is 35.2 Å². The SMILES string of the molecule is CCOC(=O)C=Cc1cc(F)cc(C)c1O. The van der Waals surface area contributed by atoms with Gasteiger partial charge in [-0.2, -0.15) is 0 Å². The first-order valence-corrected chi connectivity index (χ1v) is 4.88. The van der Waals surface area contributed by atoms with E-state index in [-0.39, 0.29) is 17.9 Å². The van der Waals surface area contributed by atoms with Crippen LogP contribution < -0.4 is 0 Å². The Morgan fingerprint density at radius 1 is 1.56 bits per heavy atom. The van der Waals surface area contributed by atoms with E-state index in [4.69, 9.17) is 0 Å². The Bertz CT molecular complexity index is 425. The van der Waals surface area contributed by atoms with E-state index in [9.17, 15) is 14.3 Å². The van der Waals surface area contributed by atoms with Crippen LogP contribution in [0.4, 0.5) is 4.39 Å². The third-order valence-electron chi connectivity index (χ3n) is 1.98. The number of phenolic OH excluding ortho intramolecular Hbond substituents is 1. The van der Waals surface area contributed by atoms with Crippen LogP contribution in [0.1, 0.15) is 18.1 Å². The van der Waals surface area contributed by atoms with Gasteiger partial charge in [0.1, 0.15) is 11.6 Å². The number of ether oxygens (including phenoxy) is 1. The van der Waals surface area contributed by atoms with Crippen molar-refractivity contribution in [3.8, 4) is 5.75 Å². The third-order valence-corrected chi connectivity index (χ3v) is 1.98. The number of hydrogen-bond donors (Lipinski definition) is 1. The molecule has 0 bridgehead atoms. The van der Waals surface area contributed by atoms with Crippen molar-refractivity contribution in [2.45, 2.75) is 13.8 Å². The first-order valence-electron chi connectivity index (χ1n) is 4.88. The van der Waals surface area contributed by atoms with Gasteiger partial charge in [-0.3, -0.25) is 0 Å². The minimum absolute atomic E-state index is 0.0399. The van der Waals surface area contributed by atoms with E-state index < -0.39 is 11.8 Å². The molecule has 0 unspecified atom stereocenters. The molecule has 86 valence electrons. The maximum absolute atomic E-state index is 13.0. The van der Waals surface area contributed by atoms with Gasteiger partial charge in [0.25, 0.3) is 0 Å². The van der Waals surface area contributed by atoms with Crippen molar-refractivity contribution >= 4 is 12.0 Å². The summed E-state index contributed by atoms with van der Waals surface area (Å²) in [7, 11) is 0. The number of phenols is 1. The van der Waals surface area contributed by atoms with E-state index in [0.717, 1.165) is 12.1 Å². The first kappa shape index (κ1) is 12.2. The van der Waals surface area contributed by atoms with Crippen molar-refractivity contribution in [1.82, 2.24) is 0 Å². The molecule has 1 aromatic rings. The van der Waals surface area contributed by atoms with Crippen molar-refractivity contribution in [2.24, 2.45) is 0 Å². The fourth-order valence-corrected chi connectivity index (χ4v) is 1.24. The average molecular weight is 224 g/mol. The molecular formula is C12H13FO3. The van der Waals surface area contributed by atoms with Crippen LogP contribution in [0.5, 0.6) is 5.75 Å². The number of halogens is 1. The van der Waals surface area contributed by atoms with Crippen molar-refractivity contribution < 1.29 is 19.0 Å². The molecule has 0 atom stereocenters. The van der Waals surface area contributed by atoms with Crippen LogP contribution in [-0.2, 0) is 9.53 Å². The summed E-state index contributed by atoms with van der Waals surface area (Å²) in [6.07, 6.45) is 2.47. The Labute approximate surface area is 93.2 Å². The molecule has 3 nitrogen and oxygen atoms in total. The first-order chi connectivity index (χ1) is 7.54. The van der Waals surface area contributed by atoms with E-state index in [1.807, 2.05) is 0 Å². The van der Waals surface area contributed by atoms with Gasteiger partial charge in [-0.1, -0.05) is 0 Å². The molecule has 4 heteroatoms. The lowest BCUT2D eigenvalue weighted by Crippen LogP contribution is -1.98. The summed E-state index contributed by atoms with van der Waals surface area (Å²) in [5.41, 5.74) is 0.675. The van der Waals surface area contributed by atoms with Crippen LogP contribution in [0.2, 0.25) is 0 Å². The zero-order chi connectivity index (χ0) is 12.1. The number of rotatable bonds is 3. The lowest BCUT2D eigenvalue weighted by Gasteiger charge is -2.03. The molecule has 0 aliphatic rings. The Morgan fingerprint density at radius 3 is 2.88 bits per heavy atom. The van der Waals surface area contributed by atoms with Crippen LogP contribution in [-0.4, -0.2) is 17.7 Å². The molecule has 0 fully saturated rings. The van der Waals surface area contributed by atoms with Gasteiger partial charge < -0.3 is 9.84 Å². The van der Waals surface area contributed by atoms with E-state index >= 15 is 0 Å². The highest BCUT2D eigenvalue weighted by atomic mass is 19.1. The van der Waals surface area contributed by atoms with Gasteiger partial charge in [0.2, 0.25) is 0 Å². The van der Waals surface area contributed by atoms with E-state index in [1.165, 1.54) is 12.1 Å². The van der Waals surface area contributed by atoms with E-state index in [0.29, 0.717) is 5.56 Å². The Kier molecular flexibility index (Phi) is 4.05. The molecular weight excluding hydrogens is 211 g/mol. The molecule has 0 radical (unpaired) electrons. The maximum atomic E-state index is 13.0. The van der Waals surface area contributed by atoms with Crippen LogP contribution in [0, 0.1) is 12.7 Å². The van der Waals surface area contributed by atoms with Crippen LogP contribution in [0.15, 0.2) is 18.2 Å². The lowest BCUT2D eigenvalue weighted by molar-refractivity contribution is -0.137. The molecule has 0 saturated carbocycles. The standard InChI is InChI=1S/C12H13FO3/c1-3-16-11(14)5-4-9-7-10(13)6-8(2)12(9)15/h4-7,15H,3H2,1-2H3. The van der Waals surface area contributed by atoms with E-state index in [1.54, 1.807) is 13.8 Å². The number of aromatic hydroxyl groups is 1. The second kappa shape index (κ2) is 5.30. The van der Waals surface area contributed by atoms with Gasteiger partial charge in [0.05, 0.1) is 6.61 Å². The molecule has 0 aliphatic carbocycles. The van der Waals surface area contributed by atoms with Gasteiger partial charge in [-0.25, -0.2) is 9.18 Å². The highest BCUT2D eigenvalue weighted by Crippen LogP contribution is 2.24.